The maximum atomic E-state index is 12.5. The first-order chi connectivity index (χ1) is 13.0. The number of hydrogen-bond donors (Lipinski definition) is 1. The van der Waals surface area contributed by atoms with Gasteiger partial charge in [0, 0.05) is 11.3 Å². The predicted molar refractivity (Wildman–Crippen MR) is 102 cm³/mol. The first kappa shape index (κ1) is 18.3. The van der Waals surface area contributed by atoms with Crippen LogP contribution in [0.1, 0.15) is 43.9 Å². The van der Waals surface area contributed by atoms with Gasteiger partial charge in [-0.1, -0.05) is 44.2 Å². The molecule has 1 amide bonds. The highest BCUT2D eigenvalue weighted by Gasteiger charge is 2.19. The van der Waals surface area contributed by atoms with Crippen molar-refractivity contribution in [2.24, 2.45) is 0 Å². The molecule has 7 nitrogen and oxygen atoms in total. The molecule has 0 radical (unpaired) electrons. The van der Waals surface area contributed by atoms with E-state index in [4.69, 9.17) is 5.26 Å². The van der Waals surface area contributed by atoms with E-state index in [2.05, 4.69) is 34.6 Å². The van der Waals surface area contributed by atoms with Crippen LogP contribution in [0.25, 0.3) is 11.4 Å². The van der Waals surface area contributed by atoms with E-state index in [9.17, 15) is 4.79 Å². The van der Waals surface area contributed by atoms with Crippen LogP contribution in [0.4, 0.5) is 5.69 Å². The van der Waals surface area contributed by atoms with Crippen LogP contribution >= 0.6 is 0 Å². The molecule has 0 aliphatic heterocycles. The average Bonchev–Trinajstić information content (AvgIpc) is 3.17. The Balaban J connectivity index is 1.73. The van der Waals surface area contributed by atoms with E-state index >= 15 is 0 Å². The number of carbonyl (C=O) groups is 1. The Labute approximate surface area is 157 Å². The van der Waals surface area contributed by atoms with Crippen molar-refractivity contribution in [3.63, 3.8) is 0 Å². The molecule has 0 spiro atoms. The fourth-order valence-corrected chi connectivity index (χ4v) is 2.54. The van der Waals surface area contributed by atoms with Crippen molar-refractivity contribution >= 4 is 11.6 Å². The Kier molecular flexibility index (Phi) is 5.27. The second kappa shape index (κ2) is 7.79. The number of nitrogens with zero attached hydrogens (tertiary/aromatic N) is 5. The van der Waals surface area contributed by atoms with E-state index < -0.39 is 6.04 Å². The molecule has 0 aliphatic rings. The largest absolute Gasteiger partial charge is 0.324 e. The summed E-state index contributed by atoms with van der Waals surface area (Å²) in [5, 5.41) is 24.1. The van der Waals surface area contributed by atoms with Gasteiger partial charge in [0.15, 0.2) is 0 Å². The van der Waals surface area contributed by atoms with Crippen LogP contribution in [0.15, 0.2) is 48.5 Å². The van der Waals surface area contributed by atoms with Gasteiger partial charge in [0.05, 0.1) is 11.6 Å². The zero-order valence-electron chi connectivity index (χ0n) is 15.4. The van der Waals surface area contributed by atoms with Crippen LogP contribution in [0, 0.1) is 11.3 Å². The number of hydrogen-bond acceptors (Lipinski definition) is 5. The molecular weight excluding hydrogens is 340 g/mol. The molecule has 1 heterocycles. The number of nitrogens with one attached hydrogen (secondary N) is 1. The molecule has 7 heteroatoms. The molecule has 0 fully saturated rings. The van der Waals surface area contributed by atoms with Crippen LogP contribution in [0.3, 0.4) is 0 Å². The van der Waals surface area contributed by atoms with Crippen molar-refractivity contribution in [3.8, 4) is 17.5 Å². The fraction of sp³-hybridized carbons (Fsp3) is 0.250. The molecule has 0 saturated heterocycles. The molecule has 0 bridgehead atoms. The lowest BCUT2D eigenvalue weighted by atomic mass is 10.0. The summed E-state index contributed by atoms with van der Waals surface area (Å²) in [6.45, 7) is 5.96. The molecule has 1 aromatic heterocycles. The molecule has 1 N–H and O–H groups in total. The molecule has 3 aromatic rings. The van der Waals surface area contributed by atoms with Crippen molar-refractivity contribution < 1.29 is 4.79 Å². The predicted octanol–water partition coefficient (Wildman–Crippen LogP) is 3.53. The normalized spacial score (nSPS) is 11.8. The number of nitriles is 1. The monoisotopic (exact) mass is 360 g/mol. The van der Waals surface area contributed by atoms with Crippen LogP contribution < -0.4 is 5.32 Å². The van der Waals surface area contributed by atoms with E-state index in [-0.39, 0.29) is 5.91 Å². The first-order valence-electron chi connectivity index (χ1n) is 8.69. The van der Waals surface area contributed by atoms with E-state index in [0.717, 1.165) is 5.56 Å². The quantitative estimate of drug-likeness (QED) is 0.751. The summed E-state index contributed by atoms with van der Waals surface area (Å²) in [4.78, 5) is 13.7. The summed E-state index contributed by atoms with van der Waals surface area (Å²) < 4.78 is 0. The SMILES string of the molecule is CC(C)c1ccc(-c2nnn([C@@H](C)C(=O)Nc3cccc(C#N)c3)n2)cc1. The first-order valence-corrected chi connectivity index (χ1v) is 8.69. The highest BCUT2D eigenvalue weighted by atomic mass is 16.2. The van der Waals surface area contributed by atoms with Gasteiger partial charge in [0.1, 0.15) is 6.04 Å². The summed E-state index contributed by atoms with van der Waals surface area (Å²) in [7, 11) is 0. The van der Waals surface area contributed by atoms with Gasteiger partial charge in [-0.3, -0.25) is 4.79 Å². The van der Waals surface area contributed by atoms with Gasteiger partial charge >= 0.3 is 0 Å². The Bertz CT molecular complexity index is 984. The van der Waals surface area contributed by atoms with Crippen LogP contribution in [0.5, 0.6) is 0 Å². The van der Waals surface area contributed by atoms with Crippen molar-refractivity contribution in [2.45, 2.75) is 32.7 Å². The number of anilines is 1. The number of amides is 1. The molecule has 1 atom stereocenters. The summed E-state index contributed by atoms with van der Waals surface area (Å²) in [5.74, 6) is 0.631. The lowest BCUT2D eigenvalue weighted by Gasteiger charge is -2.10. The lowest BCUT2D eigenvalue weighted by Crippen LogP contribution is -2.25. The molecule has 27 heavy (non-hydrogen) atoms. The molecule has 3 rings (SSSR count). The minimum Gasteiger partial charge on any atom is -0.324 e. The second-order valence-electron chi connectivity index (χ2n) is 6.57. The van der Waals surface area contributed by atoms with Gasteiger partial charge < -0.3 is 5.32 Å². The maximum Gasteiger partial charge on any atom is 0.250 e. The third-order valence-electron chi connectivity index (χ3n) is 4.25. The van der Waals surface area contributed by atoms with E-state index in [0.29, 0.717) is 23.0 Å². The Morgan fingerprint density at radius 1 is 1.15 bits per heavy atom. The Morgan fingerprint density at radius 3 is 2.56 bits per heavy atom. The van der Waals surface area contributed by atoms with Gasteiger partial charge in [0.2, 0.25) is 5.82 Å². The Hall–Kier alpha value is -3.53. The molecule has 0 saturated carbocycles. The number of aromatic nitrogens is 4. The third-order valence-corrected chi connectivity index (χ3v) is 4.25. The summed E-state index contributed by atoms with van der Waals surface area (Å²) in [6, 6.07) is 16.1. The minimum atomic E-state index is -0.646. The number of rotatable bonds is 5. The molecule has 136 valence electrons. The van der Waals surface area contributed by atoms with Gasteiger partial charge in [-0.15, -0.1) is 10.2 Å². The zero-order chi connectivity index (χ0) is 19.4. The zero-order valence-corrected chi connectivity index (χ0v) is 15.4. The van der Waals surface area contributed by atoms with Crippen LogP contribution in [-0.2, 0) is 4.79 Å². The molecular formula is C20H20N6O. The van der Waals surface area contributed by atoms with Crippen LogP contribution in [-0.4, -0.2) is 26.1 Å². The van der Waals surface area contributed by atoms with Crippen molar-refractivity contribution in [1.82, 2.24) is 20.2 Å². The highest BCUT2D eigenvalue weighted by Crippen LogP contribution is 2.20. The smallest absolute Gasteiger partial charge is 0.250 e. The number of carbonyl (C=O) groups excluding carboxylic acids is 1. The van der Waals surface area contributed by atoms with Crippen molar-refractivity contribution in [2.75, 3.05) is 5.32 Å². The fourth-order valence-electron chi connectivity index (χ4n) is 2.54. The van der Waals surface area contributed by atoms with Gasteiger partial charge in [-0.2, -0.15) is 10.1 Å². The van der Waals surface area contributed by atoms with E-state index in [1.54, 1.807) is 31.2 Å². The standard InChI is InChI=1S/C20H20N6O/c1-13(2)16-7-9-17(10-8-16)19-23-25-26(24-19)14(3)20(27)22-18-6-4-5-15(11-18)12-21/h4-11,13-14H,1-3H3,(H,22,27)/t14-/m0/s1. The topological polar surface area (TPSA) is 96.5 Å². The highest BCUT2D eigenvalue weighted by molar-refractivity contribution is 5.93. The maximum absolute atomic E-state index is 12.5. The summed E-state index contributed by atoms with van der Waals surface area (Å²) in [5.41, 5.74) is 3.11. The lowest BCUT2D eigenvalue weighted by molar-refractivity contribution is -0.119. The molecule has 2 aromatic carbocycles. The summed E-state index contributed by atoms with van der Waals surface area (Å²) in [6.07, 6.45) is 0. The number of tetrazole rings is 1. The second-order valence-corrected chi connectivity index (χ2v) is 6.57. The third kappa shape index (κ3) is 4.18. The number of benzene rings is 2. The minimum absolute atomic E-state index is 0.288. The van der Waals surface area contributed by atoms with Gasteiger partial charge in [-0.05, 0) is 41.8 Å². The summed E-state index contributed by atoms with van der Waals surface area (Å²) >= 11 is 0. The van der Waals surface area contributed by atoms with E-state index in [1.165, 1.54) is 10.4 Å². The molecule has 0 aliphatic carbocycles. The van der Waals surface area contributed by atoms with Crippen LogP contribution in [0.2, 0.25) is 0 Å². The van der Waals surface area contributed by atoms with Gasteiger partial charge in [0.25, 0.3) is 5.91 Å². The van der Waals surface area contributed by atoms with Gasteiger partial charge in [-0.25, -0.2) is 0 Å². The van der Waals surface area contributed by atoms with Crippen molar-refractivity contribution in [1.29, 1.82) is 5.26 Å². The molecule has 0 unspecified atom stereocenters. The van der Waals surface area contributed by atoms with E-state index in [1.807, 2.05) is 30.3 Å². The Morgan fingerprint density at radius 2 is 1.89 bits per heavy atom. The average molecular weight is 360 g/mol. The van der Waals surface area contributed by atoms with Crippen molar-refractivity contribution in [3.05, 3.63) is 59.7 Å².